The van der Waals surface area contributed by atoms with E-state index >= 15 is 0 Å². The predicted molar refractivity (Wildman–Crippen MR) is 120 cm³/mol. The van der Waals surface area contributed by atoms with Gasteiger partial charge in [0.05, 0.1) is 10.6 Å². The maximum Gasteiger partial charge on any atom is 0.311 e. The fraction of sp³-hybridized carbons (Fsp3) is 0.167. The van der Waals surface area contributed by atoms with Crippen molar-refractivity contribution in [3.8, 4) is 17.2 Å². The summed E-state index contributed by atoms with van der Waals surface area (Å²) in [6.45, 7) is 6.49. The number of aromatic nitrogens is 1. The number of phenols is 1. The number of fused-ring (bicyclic) bond motifs is 1. The number of rotatable bonds is 4. The highest BCUT2D eigenvalue weighted by Gasteiger charge is 2.16. The summed E-state index contributed by atoms with van der Waals surface area (Å²) < 4.78 is 5.88. The van der Waals surface area contributed by atoms with E-state index in [1.165, 1.54) is 23.9 Å². The van der Waals surface area contributed by atoms with Crippen LogP contribution in [0.4, 0.5) is 11.4 Å². The average molecular weight is 415 g/mol. The van der Waals surface area contributed by atoms with Crippen LogP contribution in [0.5, 0.6) is 5.75 Å². The first-order chi connectivity index (χ1) is 14.7. The average Bonchev–Trinajstić information content (AvgIpc) is 3.15. The molecule has 1 aromatic heterocycles. The predicted octanol–water partition coefficient (Wildman–Crippen LogP) is 6.16. The van der Waals surface area contributed by atoms with Gasteiger partial charge >= 0.3 is 5.69 Å². The molecule has 3 aromatic carbocycles. The summed E-state index contributed by atoms with van der Waals surface area (Å²) in [6.07, 6.45) is 1.38. The lowest BCUT2D eigenvalue weighted by atomic mass is 9.87. The lowest BCUT2D eigenvalue weighted by Gasteiger charge is -2.18. The van der Waals surface area contributed by atoms with Crippen molar-refractivity contribution in [2.24, 2.45) is 4.99 Å². The SMILES string of the molecule is CC(C)(C)c1ccc(-c2nc3cc(N=Cc4cccc([N+](=O)[O-])c4O)ccc3o2)cc1. The standard InChI is InChI=1S/C24H21N3O4/c1-24(2,3)17-9-7-15(8-10-17)23-26-19-13-18(11-12-21(19)31-23)25-14-16-5-4-6-20(22(16)28)27(29)30/h4-14,28H,1-3H3. The highest BCUT2D eigenvalue weighted by Crippen LogP contribution is 2.31. The highest BCUT2D eigenvalue weighted by atomic mass is 16.6. The normalized spacial score (nSPS) is 12.0. The number of aromatic hydroxyl groups is 1. The summed E-state index contributed by atoms with van der Waals surface area (Å²) in [5.41, 5.74) is 3.94. The van der Waals surface area contributed by atoms with Crippen molar-refractivity contribution in [1.29, 1.82) is 0 Å². The van der Waals surface area contributed by atoms with Crippen LogP contribution in [0.15, 0.2) is 70.1 Å². The lowest BCUT2D eigenvalue weighted by Crippen LogP contribution is -2.10. The molecular formula is C24H21N3O4. The molecule has 0 aliphatic carbocycles. The molecule has 31 heavy (non-hydrogen) atoms. The van der Waals surface area contributed by atoms with Crippen LogP contribution in [0.1, 0.15) is 31.9 Å². The lowest BCUT2D eigenvalue weighted by molar-refractivity contribution is -0.385. The minimum Gasteiger partial charge on any atom is -0.502 e. The van der Waals surface area contributed by atoms with Gasteiger partial charge in [0.1, 0.15) is 5.52 Å². The molecule has 0 saturated heterocycles. The smallest absolute Gasteiger partial charge is 0.311 e. The third-order valence-corrected chi connectivity index (χ3v) is 4.96. The van der Waals surface area contributed by atoms with Crippen LogP contribution in [0, 0.1) is 10.1 Å². The Morgan fingerprint density at radius 1 is 1.10 bits per heavy atom. The molecular weight excluding hydrogens is 394 g/mol. The van der Waals surface area contributed by atoms with Crippen LogP contribution in [0.25, 0.3) is 22.6 Å². The molecule has 7 heteroatoms. The van der Waals surface area contributed by atoms with Gasteiger partial charge in [-0.1, -0.05) is 39.0 Å². The van der Waals surface area contributed by atoms with E-state index < -0.39 is 10.7 Å². The number of para-hydroxylation sites is 1. The topological polar surface area (TPSA) is 102 Å². The Kier molecular flexibility index (Phi) is 5.02. The molecule has 0 aliphatic rings. The number of hydrogen-bond donors (Lipinski definition) is 1. The third kappa shape index (κ3) is 4.16. The molecule has 7 nitrogen and oxygen atoms in total. The first-order valence-electron chi connectivity index (χ1n) is 9.74. The molecule has 0 saturated carbocycles. The summed E-state index contributed by atoms with van der Waals surface area (Å²) in [7, 11) is 0. The molecule has 4 aromatic rings. The molecule has 1 N–H and O–H groups in total. The van der Waals surface area contributed by atoms with E-state index in [0.29, 0.717) is 22.7 Å². The monoisotopic (exact) mass is 415 g/mol. The van der Waals surface area contributed by atoms with Gasteiger partial charge in [0.2, 0.25) is 11.6 Å². The summed E-state index contributed by atoms with van der Waals surface area (Å²) in [6, 6.07) is 17.7. The number of hydrogen-bond acceptors (Lipinski definition) is 6. The van der Waals surface area contributed by atoms with Crippen molar-refractivity contribution in [1.82, 2.24) is 4.98 Å². The number of nitrogens with zero attached hydrogens (tertiary/aromatic N) is 3. The van der Waals surface area contributed by atoms with E-state index in [0.717, 1.165) is 5.56 Å². The molecule has 0 unspecified atom stereocenters. The molecule has 0 bridgehead atoms. The summed E-state index contributed by atoms with van der Waals surface area (Å²) in [5.74, 6) is 0.104. The first kappa shape index (κ1) is 20.3. The van der Waals surface area contributed by atoms with Gasteiger partial charge in [-0.3, -0.25) is 15.1 Å². The van der Waals surface area contributed by atoms with E-state index in [4.69, 9.17) is 4.42 Å². The van der Waals surface area contributed by atoms with E-state index in [1.807, 2.05) is 12.1 Å². The van der Waals surface area contributed by atoms with Gasteiger partial charge in [0, 0.05) is 23.4 Å². The van der Waals surface area contributed by atoms with E-state index in [2.05, 4.69) is 42.9 Å². The van der Waals surface area contributed by atoms with Crippen molar-refractivity contribution in [3.63, 3.8) is 0 Å². The zero-order valence-corrected chi connectivity index (χ0v) is 17.4. The Balaban J connectivity index is 1.62. The number of phenolic OH excluding ortho intramolecular Hbond substituents is 1. The zero-order chi connectivity index (χ0) is 22.2. The number of aliphatic imine (C=N–C) groups is 1. The minimum absolute atomic E-state index is 0.0698. The van der Waals surface area contributed by atoms with Gasteiger partial charge in [-0.25, -0.2) is 4.98 Å². The van der Waals surface area contributed by atoms with Crippen LogP contribution in [-0.2, 0) is 5.41 Å². The van der Waals surface area contributed by atoms with Crippen LogP contribution >= 0.6 is 0 Å². The summed E-state index contributed by atoms with van der Waals surface area (Å²) in [5, 5.41) is 21.0. The van der Waals surface area contributed by atoms with Crippen LogP contribution < -0.4 is 0 Å². The van der Waals surface area contributed by atoms with Crippen LogP contribution in [-0.4, -0.2) is 21.2 Å². The number of nitro benzene ring substituents is 1. The largest absolute Gasteiger partial charge is 0.502 e. The van der Waals surface area contributed by atoms with Gasteiger partial charge < -0.3 is 9.52 Å². The van der Waals surface area contributed by atoms with Crippen molar-refractivity contribution in [3.05, 3.63) is 81.9 Å². The van der Waals surface area contributed by atoms with Crippen molar-refractivity contribution in [2.75, 3.05) is 0 Å². The van der Waals surface area contributed by atoms with Crippen LogP contribution in [0.3, 0.4) is 0 Å². The molecule has 156 valence electrons. The Bertz CT molecular complexity index is 1300. The number of benzene rings is 3. The van der Waals surface area contributed by atoms with Crippen molar-refractivity contribution < 1.29 is 14.4 Å². The summed E-state index contributed by atoms with van der Waals surface area (Å²) >= 11 is 0. The fourth-order valence-corrected chi connectivity index (χ4v) is 3.18. The Morgan fingerprint density at radius 3 is 2.52 bits per heavy atom. The minimum atomic E-state index is -0.635. The van der Waals surface area contributed by atoms with Gasteiger partial charge in [-0.15, -0.1) is 0 Å². The second-order valence-corrected chi connectivity index (χ2v) is 8.23. The maximum atomic E-state index is 11.0. The van der Waals surface area contributed by atoms with Crippen molar-refractivity contribution in [2.45, 2.75) is 26.2 Å². The van der Waals surface area contributed by atoms with Gasteiger partial charge in [-0.05, 0) is 47.4 Å². The molecule has 4 rings (SSSR count). The molecule has 0 atom stereocenters. The second-order valence-electron chi connectivity index (χ2n) is 8.23. The summed E-state index contributed by atoms with van der Waals surface area (Å²) in [4.78, 5) is 19.2. The van der Waals surface area contributed by atoms with E-state index in [1.54, 1.807) is 24.3 Å². The fourth-order valence-electron chi connectivity index (χ4n) is 3.18. The van der Waals surface area contributed by atoms with Gasteiger partial charge in [-0.2, -0.15) is 0 Å². The van der Waals surface area contributed by atoms with Gasteiger partial charge in [0.25, 0.3) is 0 Å². The molecule has 0 amide bonds. The molecule has 0 aliphatic heterocycles. The maximum absolute atomic E-state index is 11.0. The van der Waals surface area contributed by atoms with Crippen molar-refractivity contribution >= 4 is 28.7 Å². The molecule has 0 radical (unpaired) electrons. The Morgan fingerprint density at radius 2 is 1.84 bits per heavy atom. The molecule has 0 fully saturated rings. The first-order valence-corrected chi connectivity index (χ1v) is 9.74. The van der Waals surface area contributed by atoms with E-state index in [9.17, 15) is 15.2 Å². The number of oxazole rings is 1. The third-order valence-electron chi connectivity index (χ3n) is 4.96. The highest BCUT2D eigenvalue weighted by molar-refractivity contribution is 5.88. The molecule has 0 spiro atoms. The van der Waals surface area contributed by atoms with E-state index in [-0.39, 0.29) is 16.7 Å². The Labute approximate surface area is 178 Å². The zero-order valence-electron chi connectivity index (χ0n) is 17.4. The Hall–Kier alpha value is -4.00. The van der Waals surface area contributed by atoms with Crippen LogP contribution in [0.2, 0.25) is 0 Å². The quantitative estimate of drug-likeness (QED) is 0.244. The number of nitro groups is 1. The molecule has 1 heterocycles. The second kappa shape index (κ2) is 7.68. The van der Waals surface area contributed by atoms with Gasteiger partial charge in [0.15, 0.2) is 5.58 Å².